The summed E-state index contributed by atoms with van der Waals surface area (Å²) in [5, 5.41) is 9.84. The summed E-state index contributed by atoms with van der Waals surface area (Å²) in [6.07, 6.45) is 0. The quantitative estimate of drug-likeness (QED) is 0.145. The van der Waals surface area contributed by atoms with E-state index in [9.17, 15) is 5.26 Å². The molecule has 0 saturated carbocycles. The molecule has 2 heterocycles. The highest BCUT2D eigenvalue weighted by Gasteiger charge is 2.18. The molecule has 10 rings (SSSR count). The van der Waals surface area contributed by atoms with E-state index in [1.165, 1.54) is 0 Å². The maximum atomic E-state index is 9.84. The molecule has 0 aliphatic heterocycles. The van der Waals surface area contributed by atoms with Crippen LogP contribution in [0.4, 0.5) is 0 Å². The summed E-state index contributed by atoms with van der Waals surface area (Å²) in [5.74, 6) is 2.33. The van der Waals surface area contributed by atoms with Crippen molar-refractivity contribution in [3.05, 3.63) is 224 Å². The molecule has 62 heavy (non-hydrogen) atoms. The molecule has 0 radical (unpaired) electrons. The average molecular weight is 793 g/mol. The maximum Gasteiger partial charge on any atom is 0.164 e. The van der Waals surface area contributed by atoms with Crippen LogP contribution in [0.3, 0.4) is 0 Å². The van der Waals surface area contributed by atoms with E-state index in [-0.39, 0.29) is 0 Å². The molecule has 0 spiro atoms. The lowest BCUT2D eigenvalue weighted by molar-refractivity contribution is 1.07. The van der Waals surface area contributed by atoms with Crippen LogP contribution < -0.4 is 0 Å². The van der Waals surface area contributed by atoms with Gasteiger partial charge in [-0.15, -0.1) is 0 Å². The number of aromatic nitrogens is 5. The van der Waals surface area contributed by atoms with Gasteiger partial charge in [-0.1, -0.05) is 194 Å². The Labute approximate surface area is 360 Å². The number of benzene rings is 8. The summed E-state index contributed by atoms with van der Waals surface area (Å²) in [6, 6.07) is 75.8. The van der Waals surface area contributed by atoms with Gasteiger partial charge in [-0.25, -0.2) is 24.9 Å². The Hall–Kier alpha value is -8.66. The topological polar surface area (TPSA) is 88.2 Å². The number of nitrogens with zero attached hydrogens (tertiary/aromatic N) is 6. The molecule has 2 aromatic heterocycles. The van der Waals surface area contributed by atoms with Crippen molar-refractivity contribution >= 4 is 0 Å². The van der Waals surface area contributed by atoms with Crippen molar-refractivity contribution in [1.29, 1.82) is 5.26 Å². The molecular formula is C56H36N6. The van der Waals surface area contributed by atoms with Crippen molar-refractivity contribution in [2.24, 2.45) is 0 Å². The zero-order valence-electron chi connectivity index (χ0n) is 33.5. The van der Waals surface area contributed by atoms with Crippen LogP contribution >= 0.6 is 0 Å². The van der Waals surface area contributed by atoms with Gasteiger partial charge in [0.25, 0.3) is 0 Å². The summed E-state index contributed by atoms with van der Waals surface area (Å²) >= 11 is 0. The van der Waals surface area contributed by atoms with Crippen molar-refractivity contribution in [2.45, 2.75) is 0 Å². The molecule has 10 aromatic rings. The van der Waals surface area contributed by atoms with E-state index in [1.807, 2.05) is 133 Å². The monoisotopic (exact) mass is 792 g/mol. The second-order valence-corrected chi connectivity index (χ2v) is 14.8. The molecule has 6 heteroatoms. The summed E-state index contributed by atoms with van der Waals surface area (Å²) in [5.41, 5.74) is 13.8. The van der Waals surface area contributed by atoms with Crippen molar-refractivity contribution in [3.63, 3.8) is 0 Å². The minimum absolute atomic E-state index is 0.542. The van der Waals surface area contributed by atoms with Gasteiger partial charge < -0.3 is 0 Å². The number of rotatable bonds is 9. The van der Waals surface area contributed by atoms with E-state index in [0.29, 0.717) is 28.9 Å². The maximum absolute atomic E-state index is 9.84. The molecule has 290 valence electrons. The Morgan fingerprint density at radius 1 is 0.258 bits per heavy atom. The highest BCUT2D eigenvalue weighted by molar-refractivity contribution is 5.88. The lowest BCUT2D eigenvalue weighted by Gasteiger charge is -2.15. The van der Waals surface area contributed by atoms with Crippen molar-refractivity contribution in [2.75, 3.05) is 0 Å². The van der Waals surface area contributed by atoms with Gasteiger partial charge >= 0.3 is 0 Å². The van der Waals surface area contributed by atoms with Crippen LogP contribution in [0.2, 0.25) is 0 Å². The first kappa shape index (κ1) is 37.6. The van der Waals surface area contributed by atoms with Crippen molar-refractivity contribution < 1.29 is 0 Å². The van der Waals surface area contributed by atoms with E-state index >= 15 is 0 Å². The average Bonchev–Trinajstić information content (AvgIpc) is 3.37. The van der Waals surface area contributed by atoms with E-state index < -0.39 is 0 Å². The van der Waals surface area contributed by atoms with Gasteiger partial charge in [0.15, 0.2) is 23.3 Å². The standard InChI is InChI=1S/C56H36N6/c57-37-47-24-13-14-27-48(47)45-25-15-26-46(34-45)56-61-54(42-22-11-4-12-23-42)60-55(62-56)43-30-28-39(29-31-43)49-33-32-44(38-16-5-1-6-17-38)35-50(49)52-36-51(40-18-7-2-8-19-40)58-53(59-52)41-20-9-3-10-21-41/h1-36H. The lowest BCUT2D eigenvalue weighted by Crippen LogP contribution is -2.00. The predicted molar refractivity (Wildman–Crippen MR) is 249 cm³/mol. The van der Waals surface area contributed by atoms with E-state index in [4.69, 9.17) is 24.9 Å². The smallest absolute Gasteiger partial charge is 0.164 e. The molecule has 6 nitrogen and oxygen atoms in total. The molecule has 8 aromatic carbocycles. The Balaban J connectivity index is 1.09. The molecule has 0 aliphatic carbocycles. The minimum Gasteiger partial charge on any atom is -0.228 e. The fourth-order valence-corrected chi connectivity index (χ4v) is 7.68. The Morgan fingerprint density at radius 2 is 0.710 bits per heavy atom. The third-order valence-electron chi connectivity index (χ3n) is 10.8. The third-order valence-corrected chi connectivity index (χ3v) is 10.8. The highest BCUT2D eigenvalue weighted by Crippen LogP contribution is 2.38. The summed E-state index contributed by atoms with van der Waals surface area (Å²) < 4.78 is 0. The molecule has 0 fully saturated rings. The SMILES string of the molecule is N#Cc1ccccc1-c1cccc(-c2nc(-c3ccccc3)nc(-c3ccc(-c4ccc(-c5ccccc5)cc4-c4cc(-c5ccccc5)nc(-c5ccccc5)n4)cc3)n2)c1. The zero-order valence-corrected chi connectivity index (χ0v) is 33.5. The Morgan fingerprint density at radius 3 is 1.34 bits per heavy atom. The minimum atomic E-state index is 0.542. The van der Waals surface area contributed by atoms with Gasteiger partial charge in [0, 0.05) is 33.4 Å². The van der Waals surface area contributed by atoms with E-state index in [0.717, 1.165) is 78.1 Å². The lowest BCUT2D eigenvalue weighted by atomic mass is 9.92. The number of hydrogen-bond donors (Lipinski definition) is 0. The van der Waals surface area contributed by atoms with Gasteiger partial charge in [-0.2, -0.15) is 5.26 Å². The fourth-order valence-electron chi connectivity index (χ4n) is 7.68. The first-order valence-corrected chi connectivity index (χ1v) is 20.4. The van der Waals surface area contributed by atoms with Gasteiger partial charge in [0.05, 0.1) is 23.0 Å². The molecule has 0 unspecified atom stereocenters. The zero-order chi connectivity index (χ0) is 41.7. The van der Waals surface area contributed by atoms with E-state index in [2.05, 4.69) is 91.0 Å². The summed E-state index contributed by atoms with van der Waals surface area (Å²) in [7, 11) is 0. The van der Waals surface area contributed by atoms with Crippen molar-refractivity contribution in [1.82, 2.24) is 24.9 Å². The van der Waals surface area contributed by atoms with Crippen molar-refractivity contribution in [3.8, 4) is 108 Å². The molecule has 0 atom stereocenters. The predicted octanol–water partition coefficient (Wildman–Crippen LogP) is 13.5. The fraction of sp³-hybridized carbons (Fsp3) is 0. The van der Waals surface area contributed by atoms with Crippen LogP contribution in [0.15, 0.2) is 218 Å². The molecule has 0 aliphatic rings. The van der Waals surface area contributed by atoms with Crippen LogP contribution in [-0.2, 0) is 0 Å². The third kappa shape index (κ3) is 7.78. The summed E-state index contributed by atoms with van der Waals surface area (Å²) in [4.78, 5) is 25.4. The van der Waals surface area contributed by atoms with Crippen LogP contribution in [-0.4, -0.2) is 24.9 Å². The molecule has 0 N–H and O–H groups in total. The van der Waals surface area contributed by atoms with Gasteiger partial charge in [-0.3, -0.25) is 0 Å². The second-order valence-electron chi connectivity index (χ2n) is 14.8. The first-order chi connectivity index (χ1) is 30.7. The second kappa shape index (κ2) is 16.9. The highest BCUT2D eigenvalue weighted by atomic mass is 15.0. The molecule has 0 bridgehead atoms. The molecule has 0 amide bonds. The van der Waals surface area contributed by atoms with Crippen LogP contribution in [0.5, 0.6) is 0 Å². The Kier molecular flexibility index (Phi) is 10.3. The van der Waals surface area contributed by atoms with Gasteiger partial charge in [-0.05, 0) is 57.6 Å². The van der Waals surface area contributed by atoms with Crippen LogP contribution in [0.1, 0.15) is 5.56 Å². The van der Waals surface area contributed by atoms with Crippen LogP contribution in [0, 0.1) is 11.3 Å². The summed E-state index contributed by atoms with van der Waals surface area (Å²) in [6.45, 7) is 0. The van der Waals surface area contributed by atoms with E-state index in [1.54, 1.807) is 0 Å². The molecular weight excluding hydrogens is 757 g/mol. The Bertz CT molecular complexity index is 3160. The van der Waals surface area contributed by atoms with Crippen LogP contribution in [0.25, 0.3) is 101 Å². The normalized spacial score (nSPS) is 10.9. The van der Waals surface area contributed by atoms with Gasteiger partial charge in [0.2, 0.25) is 0 Å². The molecule has 0 saturated heterocycles. The first-order valence-electron chi connectivity index (χ1n) is 20.4. The number of hydrogen-bond acceptors (Lipinski definition) is 6. The number of nitriles is 1. The van der Waals surface area contributed by atoms with Gasteiger partial charge in [0.1, 0.15) is 0 Å². The largest absolute Gasteiger partial charge is 0.228 e.